The molecule has 0 spiro atoms. The van der Waals surface area contributed by atoms with Gasteiger partial charge in [-0.25, -0.2) is 17.5 Å². The molecule has 0 aliphatic rings. The van der Waals surface area contributed by atoms with Gasteiger partial charge in [0.05, 0.1) is 6.42 Å². The van der Waals surface area contributed by atoms with E-state index in [4.69, 9.17) is 5.73 Å². The molecule has 1 atom stereocenters. The van der Waals surface area contributed by atoms with Crippen LogP contribution in [0.5, 0.6) is 0 Å². The first kappa shape index (κ1) is 18.3. The summed E-state index contributed by atoms with van der Waals surface area (Å²) in [7, 11) is -4.43. The largest absolute Gasteiger partial charge is 0.390 e. The zero-order valence-electron chi connectivity index (χ0n) is 10.8. The normalized spacial score (nSPS) is 14.2. The van der Waals surface area contributed by atoms with Gasteiger partial charge in [-0.3, -0.25) is 0 Å². The van der Waals surface area contributed by atoms with Crippen LogP contribution in [0.25, 0.3) is 0 Å². The minimum atomic E-state index is -4.53. The summed E-state index contributed by atoms with van der Waals surface area (Å²) < 4.78 is 76.7. The van der Waals surface area contributed by atoms with Gasteiger partial charge < -0.3 is 5.73 Å². The van der Waals surface area contributed by atoms with Gasteiger partial charge >= 0.3 is 6.18 Å². The van der Waals surface area contributed by atoms with Crippen LogP contribution in [0.15, 0.2) is 21.5 Å². The molecule has 0 fully saturated rings. The fraction of sp³-hybridized carbons (Fsp3) is 0.455. The van der Waals surface area contributed by atoms with Crippen molar-refractivity contribution in [2.75, 3.05) is 0 Å². The Morgan fingerprint density at radius 3 is 2.43 bits per heavy atom. The number of alkyl halides is 3. The van der Waals surface area contributed by atoms with Crippen LogP contribution in [-0.2, 0) is 16.6 Å². The molecule has 1 unspecified atom stereocenters. The molecule has 0 bridgehead atoms. The molecule has 0 saturated heterocycles. The highest BCUT2D eigenvalue weighted by molar-refractivity contribution is 9.10. The maximum Gasteiger partial charge on any atom is 0.390 e. The highest BCUT2D eigenvalue weighted by Gasteiger charge is 2.33. The first-order chi connectivity index (χ1) is 9.46. The summed E-state index contributed by atoms with van der Waals surface area (Å²) in [5, 5.41) is 0. The van der Waals surface area contributed by atoms with E-state index in [1.165, 1.54) is 6.07 Å². The molecule has 0 radical (unpaired) electrons. The second kappa shape index (κ2) is 6.59. The average molecular weight is 393 g/mol. The fourth-order valence-electron chi connectivity index (χ4n) is 1.68. The van der Waals surface area contributed by atoms with Crippen molar-refractivity contribution >= 4 is 26.0 Å². The number of nitrogens with one attached hydrogen (secondary N) is 1. The molecule has 21 heavy (non-hydrogen) atoms. The van der Waals surface area contributed by atoms with Crippen molar-refractivity contribution in [3.63, 3.8) is 0 Å². The topological polar surface area (TPSA) is 72.2 Å². The van der Waals surface area contributed by atoms with E-state index in [0.29, 0.717) is 0 Å². The van der Waals surface area contributed by atoms with Crippen molar-refractivity contribution in [1.82, 2.24) is 4.72 Å². The zero-order valence-corrected chi connectivity index (χ0v) is 13.2. The maximum atomic E-state index is 14.0. The van der Waals surface area contributed by atoms with Crippen LogP contribution in [0, 0.1) is 5.82 Å². The number of hydrogen-bond donors (Lipinski definition) is 2. The molecule has 0 saturated carbocycles. The van der Waals surface area contributed by atoms with E-state index in [1.807, 2.05) is 0 Å². The highest BCUT2D eigenvalue weighted by Crippen LogP contribution is 2.26. The first-order valence-electron chi connectivity index (χ1n) is 5.73. The second-order valence-corrected chi connectivity index (χ2v) is 7.02. The molecule has 1 aromatic rings. The molecule has 1 rings (SSSR count). The molecular formula is C11H13BrF4N2O2S. The summed E-state index contributed by atoms with van der Waals surface area (Å²) in [6.45, 7) is 0.802. The first-order valence-corrected chi connectivity index (χ1v) is 8.01. The molecule has 0 heterocycles. The molecule has 4 nitrogen and oxygen atoms in total. The van der Waals surface area contributed by atoms with Gasteiger partial charge in [-0.05, 0) is 19.1 Å². The van der Waals surface area contributed by atoms with Crippen LogP contribution in [0.4, 0.5) is 17.6 Å². The molecule has 3 N–H and O–H groups in total. The smallest absolute Gasteiger partial charge is 0.326 e. The predicted octanol–water partition coefficient (Wildman–Crippen LogP) is 2.67. The van der Waals surface area contributed by atoms with Crippen molar-refractivity contribution in [2.24, 2.45) is 5.73 Å². The summed E-state index contributed by atoms with van der Waals surface area (Å²) in [4.78, 5) is -0.744. The Kier molecular flexibility index (Phi) is 5.76. The lowest BCUT2D eigenvalue weighted by Gasteiger charge is -2.17. The van der Waals surface area contributed by atoms with Gasteiger partial charge in [-0.2, -0.15) is 13.2 Å². The second-order valence-electron chi connectivity index (χ2n) is 4.42. The molecule has 120 valence electrons. The predicted molar refractivity (Wildman–Crippen MR) is 72.4 cm³/mol. The number of sulfonamides is 1. The van der Waals surface area contributed by atoms with Crippen LogP contribution >= 0.6 is 15.9 Å². The Morgan fingerprint density at radius 1 is 1.38 bits per heavy atom. The fourth-order valence-corrected chi connectivity index (χ4v) is 3.73. The van der Waals surface area contributed by atoms with Gasteiger partial charge in [0.1, 0.15) is 10.7 Å². The zero-order chi connectivity index (χ0) is 16.4. The SMILES string of the molecule is CC(CC(F)(F)F)NS(=O)(=O)c1cc(Br)cc(CN)c1F. The van der Waals surface area contributed by atoms with E-state index in [1.54, 1.807) is 4.72 Å². The summed E-state index contributed by atoms with van der Waals surface area (Å²) in [5.74, 6) is -1.08. The van der Waals surface area contributed by atoms with Gasteiger partial charge in [-0.1, -0.05) is 15.9 Å². The summed E-state index contributed by atoms with van der Waals surface area (Å²) >= 11 is 3.00. The van der Waals surface area contributed by atoms with Crippen molar-refractivity contribution in [1.29, 1.82) is 0 Å². The highest BCUT2D eigenvalue weighted by atomic mass is 79.9. The van der Waals surface area contributed by atoms with Crippen molar-refractivity contribution in [3.8, 4) is 0 Å². The summed E-state index contributed by atoms with van der Waals surface area (Å²) in [6, 6.07) is 0.847. The van der Waals surface area contributed by atoms with Gasteiger partial charge in [0.25, 0.3) is 0 Å². The van der Waals surface area contributed by atoms with Crippen molar-refractivity contribution in [3.05, 3.63) is 28.0 Å². The van der Waals surface area contributed by atoms with Crippen LogP contribution in [0.3, 0.4) is 0 Å². The summed E-state index contributed by atoms with van der Waals surface area (Å²) in [5.41, 5.74) is 5.23. The third kappa shape index (κ3) is 5.20. The minimum absolute atomic E-state index is 0.0618. The van der Waals surface area contributed by atoms with E-state index >= 15 is 0 Å². The van der Waals surface area contributed by atoms with Gasteiger partial charge in [0.15, 0.2) is 0 Å². The molecule has 10 heteroatoms. The number of benzene rings is 1. The van der Waals surface area contributed by atoms with E-state index in [-0.39, 0.29) is 16.6 Å². The molecule has 0 amide bonds. The number of nitrogens with two attached hydrogens (primary N) is 1. The van der Waals surface area contributed by atoms with Crippen molar-refractivity contribution in [2.45, 2.75) is 37.0 Å². The lowest BCUT2D eigenvalue weighted by atomic mass is 10.2. The summed E-state index contributed by atoms with van der Waals surface area (Å²) in [6.07, 6.45) is -5.88. The third-order valence-electron chi connectivity index (χ3n) is 2.48. The van der Waals surface area contributed by atoms with E-state index in [2.05, 4.69) is 15.9 Å². The standard InChI is InChI=1S/C11H13BrF4N2O2S/c1-6(4-11(14,15)16)18-21(19,20)9-3-8(12)2-7(5-17)10(9)13/h2-3,6,18H,4-5,17H2,1H3. The van der Waals surface area contributed by atoms with E-state index in [9.17, 15) is 26.0 Å². The maximum absolute atomic E-state index is 14.0. The molecule has 0 aromatic heterocycles. The van der Waals surface area contributed by atoms with Crippen LogP contribution < -0.4 is 10.5 Å². The average Bonchev–Trinajstić information content (AvgIpc) is 2.28. The minimum Gasteiger partial charge on any atom is -0.326 e. The molecule has 0 aliphatic heterocycles. The Balaban J connectivity index is 3.12. The molecule has 1 aromatic carbocycles. The van der Waals surface area contributed by atoms with Crippen molar-refractivity contribution < 1.29 is 26.0 Å². The third-order valence-corrected chi connectivity index (χ3v) is 4.53. The lowest BCUT2D eigenvalue weighted by molar-refractivity contribution is -0.137. The quantitative estimate of drug-likeness (QED) is 0.756. The van der Waals surface area contributed by atoms with Crippen LogP contribution in [-0.4, -0.2) is 20.6 Å². The number of hydrogen-bond acceptors (Lipinski definition) is 3. The Bertz CT molecular complexity index is 619. The molecule has 0 aliphatic carbocycles. The van der Waals surface area contributed by atoms with Crippen LogP contribution in [0.1, 0.15) is 18.9 Å². The van der Waals surface area contributed by atoms with Gasteiger partial charge in [0, 0.05) is 22.6 Å². The van der Waals surface area contributed by atoms with Gasteiger partial charge in [0.2, 0.25) is 10.0 Å². The van der Waals surface area contributed by atoms with Gasteiger partial charge in [-0.15, -0.1) is 0 Å². The van der Waals surface area contributed by atoms with E-state index in [0.717, 1.165) is 13.0 Å². The van der Waals surface area contributed by atoms with E-state index < -0.39 is 39.4 Å². The monoisotopic (exact) mass is 392 g/mol. The lowest BCUT2D eigenvalue weighted by Crippen LogP contribution is -2.36. The molecular weight excluding hydrogens is 380 g/mol. The number of halogens is 5. The number of rotatable bonds is 5. The van der Waals surface area contributed by atoms with Crippen LogP contribution in [0.2, 0.25) is 0 Å². The Morgan fingerprint density at radius 2 is 1.95 bits per heavy atom. The Labute approximate surface area is 127 Å². The Hall–Kier alpha value is -0.710.